The molecule has 0 spiro atoms. The van der Waals surface area contributed by atoms with Gasteiger partial charge in [-0.25, -0.2) is 4.39 Å². The molecule has 1 aromatic rings. The molecule has 3 rings (SSSR count). The lowest BCUT2D eigenvalue weighted by Crippen LogP contribution is -2.45. The van der Waals surface area contributed by atoms with Crippen LogP contribution in [0.3, 0.4) is 0 Å². The van der Waals surface area contributed by atoms with E-state index in [1.54, 1.807) is 6.07 Å². The molecule has 0 amide bonds. The number of carboxylic acid groups (broad SMARTS) is 1. The molecule has 3 nitrogen and oxygen atoms in total. The quantitative estimate of drug-likeness (QED) is 0.864. The van der Waals surface area contributed by atoms with E-state index in [9.17, 15) is 14.3 Å². The van der Waals surface area contributed by atoms with E-state index in [4.69, 9.17) is 0 Å². The molecule has 0 heterocycles. The Bertz CT molecular complexity index is 565. The van der Waals surface area contributed by atoms with Gasteiger partial charge < -0.3 is 10.4 Å². The van der Waals surface area contributed by atoms with Crippen molar-refractivity contribution in [2.24, 2.45) is 17.8 Å². The van der Waals surface area contributed by atoms with Crippen molar-refractivity contribution in [3.05, 3.63) is 34.1 Å². The summed E-state index contributed by atoms with van der Waals surface area (Å²) in [4.78, 5) is 11.5. The molecule has 5 unspecified atom stereocenters. The van der Waals surface area contributed by atoms with Crippen LogP contribution in [-0.4, -0.2) is 17.1 Å². The molecule has 0 aliphatic heterocycles. The van der Waals surface area contributed by atoms with Crippen LogP contribution in [-0.2, 0) is 4.79 Å². The van der Waals surface area contributed by atoms with Crippen LogP contribution in [0.1, 0.15) is 37.8 Å². The van der Waals surface area contributed by atoms with Crippen LogP contribution in [0.25, 0.3) is 0 Å². The highest BCUT2D eigenvalue weighted by Gasteiger charge is 2.51. The van der Waals surface area contributed by atoms with Gasteiger partial charge in [-0.2, -0.15) is 0 Å². The SMILES string of the molecule is CC(NC1C2CCC(C2)C1C(=O)O)c1ccc(Br)cc1F. The van der Waals surface area contributed by atoms with Crippen molar-refractivity contribution >= 4 is 21.9 Å². The van der Waals surface area contributed by atoms with Crippen LogP contribution < -0.4 is 5.32 Å². The standard InChI is InChI=1S/C16H19BrFNO2/c1-8(12-5-4-11(17)7-13(12)18)19-15-10-3-2-9(6-10)14(15)16(20)21/h4-5,7-10,14-15,19H,2-3,6H2,1H3,(H,20,21). The van der Waals surface area contributed by atoms with E-state index in [-0.39, 0.29) is 29.7 Å². The molecule has 2 saturated carbocycles. The molecular weight excluding hydrogens is 337 g/mol. The number of nitrogens with one attached hydrogen (secondary N) is 1. The number of fused-ring (bicyclic) bond motifs is 2. The average molecular weight is 356 g/mol. The molecule has 2 aliphatic carbocycles. The highest BCUT2D eigenvalue weighted by molar-refractivity contribution is 9.10. The number of halogens is 2. The number of hydrogen-bond donors (Lipinski definition) is 2. The van der Waals surface area contributed by atoms with E-state index in [0.29, 0.717) is 16.0 Å². The Kier molecular flexibility index (Phi) is 4.06. The number of hydrogen-bond acceptors (Lipinski definition) is 2. The minimum Gasteiger partial charge on any atom is -0.481 e. The summed E-state index contributed by atoms with van der Waals surface area (Å²) >= 11 is 3.25. The monoisotopic (exact) mass is 355 g/mol. The van der Waals surface area contributed by atoms with E-state index in [0.717, 1.165) is 19.3 Å². The minimum atomic E-state index is -0.719. The summed E-state index contributed by atoms with van der Waals surface area (Å²) in [6.07, 6.45) is 3.09. The van der Waals surface area contributed by atoms with Gasteiger partial charge in [0.05, 0.1) is 5.92 Å². The first-order valence-corrected chi connectivity index (χ1v) is 8.20. The van der Waals surface area contributed by atoms with Crippen molar-refractivity contribution in [3.63, 3.8) is 0 Å². The Labute approximate surface area is 132 Å². The minimum absolute atomic E-state index is 0.0423. The normalized spacial score (nSPS) is 32.3. The summed E-state index contributed by atoms with van der Waals surface area (Å²) in [5.41, 5.74) is 0.588. The van der Waals surface area contributed by atoms with Crippen LogP contribution in [0.15, 0.2) is 22.7 Å². The van der Waals surface area contributed by atoms with E-state index in [2.05, 4.69) is 21.2 Å². The lowest BCUT2D eigenvalue weighted by atomic mass is 9.84. The molecule has 2 bridgehead atoms. The molecule has 5 atom stereocenters. The first-order chi connectivity index (χ1) is 9.97. The van der Waals surface area contributed by atoms with Gasteiger partial charge in [-0.05, 0) is 50.2 Å². The third-order valence-corrected chi connectivity index (χ3v) is 5.57. The Hall–Kier alpha value is -0.940. The average Bonchev–Trinajstić information content (AvgIpc) is 2.98. The molecule has 2 fully saturated rings. The summed E-state index contributed by atoms with van der Waals surface area (Å²) < 4.78 is 14.7. The van der Waals surface area contributed by atoms with Crippen molar-refractivity contribution in [3.8, 4) is 0 Å². The maximum Gasteiger partial charge on any atom is 0.308 e. The molecule has 1 aromatic carbocycles. The summed E-state index contributed by atoms with van der Waals surface area (Å²) in [7, 11) is 0. The van der Waals surface area contributed by atoms with Gasteiger partial charge in [-0.15, -0.1) is 0 Å². The second-order valence-corrected chi connectivity index (χ2v) is 7.19. The van der Waals surface area contributed by atoms with Crippen molar-refractivity contribution in [2.45, 2.75) is 38.3 Å². The fraction of sp³-hybridized carbons (Fsp3) is 0.562. The van der Waals surface area contributed by atoms with Crippen LogP contribution in [0, 0.1) is 23.6 Å². The third kappa shape index (κ3) is 2.73. The second-order valence-electron chi connectivity index (χ2n) is 6.28. The number of carbonyl (C=O) groups is 1. The summed E-state index contributed by atoms with van der Waals surface area (Å²) in [5, 5.41) is 12.8. The smallest absolute Gasteiger partial charge is 0.308 e. The maximum absolute atomic E-state index is 14.0. The number of benzene rings is 1. The molecular formula is C16H19BrFNO2. The fourth-order valence-electron chi connectivity index (χ4n) is 4.12. The lowest BCUT2D eigenvalue weighted by molar-refractivity contribution is -0.144. The molecule has 114 valence electrons. The predicted molar refractivity (Wildman–Crippen MR) is 81.4 cm³/mol. The molecule has 0 saturated heterocycles. The van der Waals surface area contributed by atoms with E-state index in [1.807, 2.05) is 13.0 Å². The maximum atomic E-state index is 14.0. The topological polar surface area (TPSA) is 49.3 Å². The van der Waals surface area contributed by atoms with Gasteiger partial charge >= 0.3 is 5.97 Å². The van der Waals surface area contributed by atoms with E-state index >= 15 is 0 Å². The summed E-state index contributed by atoms with van der Waals surface area (Å²) in [6.45, 7) is 1.90. The highest BCUT2D eigenvalue weighted by Crippen LogP contribution is 2.49. The van der Waals surface area contributed by atoms with Gasteiger partial charge in [0.1, 0.15) is 5.82 Å². The predicted octanol–water partition coefficient (Wildman–Crippen LogP) is 3.74. The molecule has 5 heteroatoms. The summed E-state index contributed by atoms with van der Waals surface area (Å²) in [6, 6.07) is 4.78. The van der Waals surface area contributed by atoms with Crippen LogP contribution in [0.5, 0.6) is 0 Å². The van der Waals surface area contributed by atoms with Crippen molar-refractivity contribution in [1.29, 1.82) is 0 Å². The first-order valence-electron chi connectivity index (χ1n) is 7.41. The van der Waals surface area contributed by atoms with Crippen molar-refractivity contribution in [2.75, 3.05) is 0 Å². The molecule has 21 heavy (non-hydrogen) atoms. The van der Waals surface area contributed by atoms with Gasteiger partial charge in [0.2, 0.25) is 0 Å². The first kappa shape index (κ1) is 15.0. The molecule has 2 aliphatic rings. The second kappa shape index (κ2) is 5.69. The Morgan fingerprint density at radius 3 is 2.81 bits per heavy atom. The molecule has 2 N–H and O–H groups in total. The van der Waals surface area contributed by atoms with Crippen molar-refractivity contribution in [1.82, 2.24) is 5.32 Å². The number of carboxylic acids is 1. The van der Waals surface area contributed by atoms with Gasteiger partial charge in [-0.3, -0.25) is 4.79 Å². The Morgan fingerprint density at radius 1 is 1.43 bits per heavy atom. The zero-order valence-electron chi connectivity index (χ0n) is 11.9. The lowest BCUT2D eigenvalue weighted by Gasteiger charge is -2.31. The van der Waals surface area contributed by atoms with Crippen LogP contribution >= 0.6 is 15.9 Å². The van der Waals surface area contributed by atoms with Gasteiger partial charge in [0, 0.05) is 22.1 Å². The van der Waals surface area contributed by atoms with Crippen LogP contribution in [0.2, 0.25) is 0 Å². The van der Waals surface area contributed by atoms with Crippen molar-refractivity contribution < 1.29 is 14.3 Å². The highest BCUT2D eigenvalue weighted by atomic mass is 79.9. The molecule has 0 radical (unpaired) electrons. The Morgan fingerprint density at radius 2 is 2.14 bits per heavy atom. The summed E-state index contributed by atoms with van der Waals surface area (Å²) in [5.74, 6) is -0.615. The zero-order chi connectivity index (χ0) is 15.1. The molecule has 0 aromatic heterocycles. The van der Waals surface area contributed by atoms with E-state index < -0.39 is 5.97 Å². The number of rotatable bonds is 4. The zero-order valence-corrected chi connectivity index (χ0v) is 13.4. The van der Waals surface area contributed by atoms with Crippen LogP contribution in [0.4, 0.5) is 4.39 Å². The van der Waals surface area contributed by atoms with Gasteiger partial charge in [0.15, 0.2) is 0 Å². The fourth-order valence-corrected chi connectivity index (χ4v) is 4.45. The third-order valence-electron chi connectivity index (χ3n) is 5.07. The van der Waals surface area contributed by atoms with E-state index in [1.165, 1.54) is 6.07 Å². The van der Waals surface area contributed by atoms with Gasteiger partial charge in [0.25, 0.3) is 0 Å². The largest absolute Gasteiger partial charge is 0.481 e. The number of aliphatic carboxylic acids is 1. The van der Waals surface area contributed by atoms with Gasteiger partial charge in [-0.1, -0.05) is 22.0 Å². The Balaban J connectivity index is 1.77.